The van der Waals surface area contributed by atoms with E-state index in [2.05, 4.69) is 44.0 Å². The molecule has 0 bridgehead atoms. The molecule has 0 radical (unpaired) electrons. The Kier molecular flexibility index (Phi) is 31.1. The molecule has 20 rings (SSSR count). The van der Waals surface area contributed by atoms with Gasteiger partial charge in [0.15, 0.2) is 50.0 Å². The predicted molar refractivity (Wildman–Crippen MR) is 512 cm³/mol. The van der Waals surface area contributed by atoms with Crippen molar-refractivity contribution in [1.29, 1.82) is 0 Å². The number of ether oxygens (including phenoxy) is 5. The summed E-state index contributed by atoms with van der Waals surface area (Å²) >= 11 is 32.3. The maximum absolute atomic E-state index is 14.5. The van der Waals surface area contributed by atoms with Gasteiger partial charge in [-0.25, -0.2) is 75.2 Å². The number of esters is 5. The van der Waals surface area contributed by atoms with Crippen molar-refractivity contribution in [3.8, 4) is 0 Å². The van der Waals surface area contributed by atoms with E-state index >= 15 is 0 Å². The number of rotatable bonds is 20. The van der Waals surface area contributed by atoms with Gasteiger partial charge in [-0.15, -0.1) is 45.3 Å². The molecule has 706 valence electrons. The Morgan fingerprint density at radius 2 is 0.801 bits per heavy atom. The molecule has 0 aliphatic carbocycles. The lowest BCUT2D eigenvalue weighted by Crippen LogP contribution is -2.42. The van der Waals surface area contributed by atoms with E-state index in [1.54, 1.807) is 94.5 Å². The predicted octanol–water partition coefficient (Wildman–Crippen LogP) is 21.4. The summed E-state index contributed by atoms with van der Waals surface area (Å²) in [6.07, 6.45) is 14.2. The number of hydrogen-bond donors (Lipinski definition) is 0. The van der Waals surface area contributed by atoms with Gasteiger partial charge in [-0.3, -0.25) is 20.0 Å². The molecule has 5 fully saturated rings. The fraction of sp³-hybridized carbons (Fsp3) is 0.323. The van der Waals surface area contributed by atoms with Crippen molar-refractivity contribution in [3.05, 3.63) is 314 Å². The molecule has 136 heavy (non-hydrogen) atoms. The second kappa shape index (κ2) is 43.4. The number of carbonyl (C=O) groups excluding carboxylic acids is 5. The van der Waals surface area contributed by atoms with Crippen molar-refractivity contribution in [2.45, 2.75) is 135 Å². The molecule has 5 atom stereocenters. The number of benzene rings is 4. The number of nitrogens with zero attached hydrogens (tertiary/aromatic N) is 15. The van der Waals surface area contributed by atoms with Crippen LogP contribution in [0.1, 0.15) is 184 Å². The Morgan fingerprint density at radius 1 is 0.412 bits per heavy atom. The highest BCUT2D eigenvalue weighted by atomic mass is 35.5. The SMILES string of the molecule is CCOC(=O)C1=C2CCCN2C(c2ccsn2)=NC1c1ccc(F)cc1Cl.CCOC(=O)C1=C2CCCN2C(c2ncc(F)cc2F)=NC1c1ccc(F)cc1Cl.CCOC(=O)C1=C2CCCN2C(c2nccs2)=NC1(C)c1ccc(F)cc1.CCOC(=O)C1=C2CCCN2C(c2nccs2)=NC1c1cc(Cl)sc1Cl.CCOC(=O)C1=C2CCCN2C(c2nccs2)=NC1c1ccc(F)cc1. The summed E-state index contributed by atoms with van der Waals surface area (Å²) in [6, 6.07) is 22.0. The molecule has 0 N–H and O–H groups in total. The lowest BCUT2D eigenvalue weighted by molar-refractivity contribution is -0.140. The van der Waals surface area contributed by atoms with Gasteiger partial charge in [-0.2, -0.15) is 4.37 Å². The van der Waals surface area contributed by atoms with Crippen molar-refractivity contribution in [2.24, 2.45) is 25.0 Å². The highest BCUT2D eigenvalue weighted by molar-refractivity contribution is 7.20. The maximum atomic E-state index is 14.5. The van der Waals surface area contributed by atoms with Crippen molar-refractivity contribution in [2.75, 3.05) is 65.8 Å². The van der Waals surface area contributed by atoms with Crippen molar-refractivity contribution >= 4 is 162 Å². The number of pyridine rings is 1. The number of carbonyl (C=O) groups is 5. The van der Waals surface area contributed by atoms with Gasteiger partial charge in [0, 0.05) is 134 Å². The average molecular weight is 2030 g/mol. The monoisotopic (exact) mass is 2020 g/mol. The van der Waals surface area contributed by atoms with Crippen LogP contribution in [0.3, 0.4) is 0 Å². The number of thiophene rings is 1. The van der Waals surface area contributed by atoms with E-state index in [1.165, 1.54) is 105 Å². The van der Waals surface area contributed by atoms with Crippen LogP contribution >= 0.6 is 103 Å². The van der Waals surface area contributed by atoms with Gasteiger partial charge >= 0.3 is 29.8 Å². The summed E-state index contributed by atoms with van der Waals surface area (Å²) < 4.78 is 114. The third kappa shape index (κ3) is 20.4. The van der Waals surface area contributed by atoms with Crippen LogP contribution in [-0.4, -0.2) is 174 Å². The Balaban J connectivity index is 0.000000123. The van der Waals surface area contributed by atoms with Gasteiger partial charge in [-0.05, 0) is 189 Å². The summed E-state index contributed by atoms with van der Waals surface area (Å²) in [5.41, 5.74) is 9.58. The van der Waals surface area contributed by atoms with Crippen LogP contribution in [0.2, 0.25) is 18.7 Å². The number of thiazole rings is 3. The lowest BCUT2D eigenvalue weighted by Gasteiger charge is -2.38. The number of hydrogen-bond acceptors (Lipinski definition) is 30. The molecule has 0 spiro atoms. The van der Waals surface area contributed by atoms with E-state index in [1.807, 2.05) is 39.4 Å². The third-order valence-corrected chi connectivity index (χ3v) is 28.5. The van der Waals surface area contributed by atoms with E-state index in [9.17, 15) is 50.3 Å². The second-order valence-corrected chi connectivity index (χ2v) is 38.1. The molecular formula is C96H87Cl4F6N15O10S5. The van der Waals surface area contributed by atoms with E-state index < -0.39 is 64.9 Å². The minimum atomic E-state index is -0.961. The van der Waals surface area contributed by atoms with Crippen LogP contribution < -0.4 is 0 Å². The first-order valence-electron chi connectivity index (χ1n) is 43.9. The number of aromatic nitrogens is 5. The van der Waals surface area contributed by atoms with E-state index in [-0.39, 0.29) is 76.5 Å². The van der Waals surface area contributed by atoms with Crippen molar-refractivity contribution < 1.29 is 74.0 Å². The molecule has 6 aromatic heterocycles. The molecule has 5 unspecified atom stereocenters. The molecule has 25 nitrogen and oxygen atoms in total. The average Bonchev–Trinajstić information content (AvgIpc) is 1.60. The first-order chi connectivity index (χ1) is 65.8. The number of halogens is 10. The minimum absolute atomic E-state index is 0.0736. The summed E-state index contributed by atoms with van der Waals surface area (Å²) in [5, 5.41) is 10.4. The Labute approximate surface area is 818 Å². The molecule has 40 heteroatoms. The molecule has 0 saturated carbocycles. The molecule has 10 aliphatic heterocycles. The van der Waals surface area contributed by atoms with Crippen LogP contribution in [0.5, 0.6) is 0 Å². The molecule has 5 saturated heterocycles. The highest BCUT2D eigenvalue weighted by Gasteiger charge is 2.49. The lowest BCUT2D eigenvalue weighted by atomic mass is 9.82. The zero-order valence-electron chi connectivity index (χ0n) is 74.0. The van der Waals surface area contributed by atoms with Gasteiger partial charge < -0.3 is 48.2 Å². The van der Waals surface area contributed by atoms with Gasteiger partial charge in [-0.1, -0.05) is 82.8 Å². The van der Waals surface area contributed by atoms with E-state index in [0.29, 0.717) is 86.2 Å². The van der Waals surface area contributed by atoms with Crippen molar-refractivity contribution in [3.63, 3.8) is 0 Å². The summed E-state index contributed by atoms with van der Waals surface area (Å²) in [4.78, 5) is 115. The van der Waals surface area contributed by atoms with E-state index in [0.717, 1.165) is 174 Å². The Morgan fingerprint density at radius 3 is 1.22 bits per heavy atom. The van der Waals surface area contributed by atoms with Crippen LogP contribution in [0, 0.1) is 34.9 Å². The smallest absolute Gasteiger partial charge is 0.338 e. The maximum Gasteiger partial charge on any atom is 0.338 e. The highest BCUT2D eigenvalue weighted by Crippen LogP contribution is 2.51. The summed E-state index contributed by atoms with van der Waals surface area (Å²) in [6.45, 7) is 15.7. The Bertz CT molecular complexity index is 6540. The number of fused-ring (bicyclic) bond motifs is 5. The molecule has 10 aromatic rings. The largest absolute Gasteiger partial charge is 0.463 e. The summed E-state index contributed by atoms with van der Waals surface area (Å²) in [5.74, 6) is -2.16. The van der Waals surface area contributed by atoms with E-state index in [4.69, 9.17) is 90.1 Å². The fourth-order valence-corrected chi connectivity index (χ4v) is 22.3. The number of allylic oxidation sites excluding steroid dienone is 5. The quantitative estimate of drug-likeness (QED) is 0.0389. The molecule has 4 aromatic carbocycles. The number of aliphatic imine (C=N–C) groups is 5. The summed E-state index contributed by atoms with van der Waals surface area (Å²) in [7, 11) is 0. The van der Waals surface area contributed by atoms with Crippen LogP contribution in [-0.2, 0) is 53.2 Å². The Hall–Kier alpha value is -11.6. The fourth-order valence-electron chi connectivity index (χ4n) is 17.8. The normalized spacial score (nSPS) is 19.6. The van der Waals surface area contributed by atoms with Crippen LogP contribution in [0.15, 0.2) is 231 Å². The first kappa shape index (κ1) is 97.5. The van der Waals surface area contributed by atoms with Crippen LogP contribution in [0.4, 0.5) is 26.3 Å². The zero-order chi connectivity index (χ0) is 95.8. The van der Waals surface area contributed by atoms with Gasteiger partial charge in [0.25, 0.3) is 0 Å². The van der Waals surface area contributed by atoms with Gasteiger partial charge in [0.2, 0.25) is 0 Å². The standard InChI is InChI=1S/C21H17ClF3N3O2.C20H20FN3O2S.C19H17ClFN3O2S.C19H18FN3O2S.C17H15Cl2N3O2S2/c1-2-30-21(29)17-16-4-3-7-28(16)20(19-15(25)9-12(24)10-26-19)27-18(17)13-6-5-11(23)8-14(13)22;1-3-26-19(25)16-15-5-4-11-24(15)17(18-22-10-12-27-18)23-20(16,2)13-6-8-14(21)9-7-13;1-2-26-19(25)16-15-4-3-8-24(15)18(14-7-9-27-23-14)22-17(16)12-6-5-11(21)10-13(12)20;1-2-25-19(24)15-14-4-3-10-23(14)17(18-21-9-11-26-18)22-16(15)12-5-7-13(20)8-6-12;1-2-24-17(23)12-10-4-3-6-22(10)15(16-20-5-7-25-16)21-13(12)9-8-11(18)26-14(9)19/h5-6,8-10,18H,2-4,7H2,1H3;6-10,12H,3-5,11H2,1-2H3;5-7,9-10,17H,2-4,8H2,1H3;5-9,11,16H,2-4,10H2,1H3;5,7-8,13H,2-4,6H2,1H3. The van der Waals surface area contributed by atoms with Crippen LogP contribution in [0.25, 0.3) is 0 Å². The number of amidine groups is 5. The van der Waals surface area contributed by atoms with Crippen molar-refractivity contribution in [1.82, 2.24) is 48.8 Å². The third-order valence-electron chi connectivity index (χ3n) is 23.4. The van der Waals surface area contributed by atoms with Gasteiger partial charge in [0.1, 0.15) is 74.5 Å². The molecular weight excluding hydrogens is 1940 g/mol. The topological polar surface area (TPSA) is 274 Å². The molecule has 10 aliphatic rings. The minimum Gasteiger partial charge on any atom is -0.463 e. The zero-order valence-corrected chi connectivity index (χ0v) is 81.1. The molecule has 16 heterocycles. The van der Waals surface area contributed by atoms with Gasteiger partial charge in [0.05, 0.1) is 71.4 Å². The first-order valence-corrected chi connectivity index (χ1v) is 49.7. The molecule has 0 amide bonds. The second-order valence-electron chi connectivity index (χ2n) is 31.6.